The third-order valence-corrected chi connectivity index (χ3v) is 6.26. The summed E-state index contributed by atoms with van der Waals surface area (Å²) in [6.45, 7) is 0.778. The van der Waals surface area contributed by atoms with E-state index in [4.69, 9.17) is 9.57 Å². The van der Waals surface area contributed by atoms with Gasteiger partial charge in [-0.05, 0) is 45.4 Å². The van der Waals surface area contributed by atoms with E-state index in [1.54, 1.807) is 18.2 Å². The molecule has 2 aliphatic rings. The minimum absolute atomic E-state index is 0.00793. The molecule has 2 heterocycles. The molecular weight excluding hydrogens is 366 g/mol. The van der Waals surface area contributed by atoms with E-state index in [2.05, 4.69) is 9.62 Å². The van der Waals surface area contributed by atoms with Crippen LogP contribution >= 0.6 is 0 Å². The highest BCUT2D eigenvalue weighted by Crippen LogP contribution is 2.49. The molecule has 2 aromatic carbocycles. The second-order valence-corrected chi connectivity index (χ2v) is 8.93. The number of nitrogens with one attached hydrogen (secondary N) is 1. The van der Waals surface area contributed by atoms with E-state index in [0.717, 1.165) is 24.3 Å². The summed E-state index contributed by atoms with van der Waals surface area (Å²) < 4.78 is 33.0. The fraction of sp³-hybridized carbons (Fsp3) is 0.368. The number of nitrogens with zero attached hydrogens (tertiary/aromatic N) is 2. The molecule has 0 spiro atoms. The predicted molar refractivity (Wildman–Crippen MR) is 102 cm³/mol. The van der Waals surface area contributed by atoms with Crippen LogP contribution in [-0.4, -0.2) is 47.1 Å². The Hall–Kier alpha value is -2.13. The van der Waals surface area contributed by atoms with Gasteiger partial charge in [0.15, 0.2) is 5.75 Å². The van der Waals surface area contributed by atoms with Crippen LogP contribution in [0.25, 0.3) is 0 Å². The molecule has 2 atom stereocenters. The van der Waals surface area contributed by atoms with Crippen LogP contribution in [0.5, 0.6) is 11.5 Å². The average Bonchev–Trinajstić information content (AvgIpc) is 2.99. The molecule has 8 heteroatoms. The molecule has 27 heavy (non-hydrogen) atoms. The van der Waals surface area contributed by atoms with Gasteiger partial charge in [-0.2, -0.15) is 0 Å². The first-order valence-electron chi connectivity index (χ1n) is 8.84. The number of hydrogen-bond acceptors (Lipinski definition) is 6. The van der Waals surface area contributed by atoms with E-state index in [9.17, 15) is 8.42 Å². The first-order valence-corrected chi connectivity index (χ1v) is 10.3. The van der Waals surface area contributed by atoms with Crippen molar-refractivity contribution >= 4 is 15.7 Å². The molecule has 144 valence electrons. The quantitative estimate of drug-likeness (QED) is 0.866. The zero-order valence-corrected chi connectivity index (χ0v) is 16.4. The number of fused-ring (bicyclic) bond motifs is 5. The molecule has 1 saturated heterocycles. The van der Waals surface area contributed by atoms with Crippen LogP contribution in [0.4, 0.5) is 5.69 Å². The normalized spacial score (nSPS) is 21.3. The van der Waals surface area contributed by atoms with Gasteiger partial charge in [0.1, 0.15) is 17.5 Å². The average molecular weight is 389 g/mol. The van der Waals surface area contributed by atoms with Crippen LogP contribution < -0.4 is 14.5 Å². The zero-order chi connectivity index (χ0) is 19.2. The minimum atomic E-state index is -3.57. The number of hydrogen-bond donors (Lipinski definition) is 1. The molecule has 1 N–H and O–H groups in total. The summed E-state index contributed by atoms with van der Waals surface area (Å²) in [7, 11) is 1.85. The van der Waals surface area contributed by atoms with Crippen LogP contribution in [0.2, 0.25) is 0 Å². The van der Waals surface area contributed by atoms with Gasteiger partial charge in [-0.3, -0.25) is 4.84 Å². The molecular formula is C19H23N3O4S. The molecule has 0 bridgehead atoms. The lowest BCUT2D eigenvalue weighted by Gasteiger charge is -2.24. The number of sulfonamides is 1. The summed E-state index contributed by atoms with van der Waals surface area (Å²) in [5, 5.41) is 1.81. The fourth-order valence-corrected chi connectivity index (χ4v) is 4.37. The zero-order valence-electron chi connectivity index (χ0n) is 15.5. The van der Waals surface area contributed by atoms with Crippen molar-refractivity contribution in [2.75, 3.05) is 32.8 Å². The van der Waals surface area contributed by atoms with E-state index >= 15 is 0 Å². The lowest BCUT2D eigenvalue weighted by molar-refractivity contribution is 0.0648. The Morgan fingerprint density at radius 3 is 2.70 bits per heavy atom. The number of likely N-dealkylation sites (N-methyl/N-ethyl adjacent to an activating group) is 1. The highest BCUT2D eigenvalue weighted by Gasteiger charge is 2.40. The lowest BCUT2D eigenvalue weighted by atomic mass is 10.0. The molecule has 2 aliphatic heterocycles. The maximum Gasteiger partial charge on any atom is 0.240 e. The van der Waals surface area contributed by atoms with Crippen molar-refractivity contribution in [3.05, 3.63) is 48.0 Å². The number of anilines is 1. The Morgan fingerprint density at radius 1 is 1.19 bits per heavy atom. The predicted octanol–water partition coefficient (Wildman–Crippen LogP) is 2.51. The second kappa shape index (κ2) is 6.79. The maximum atomic E-state index is 12.3. The summed E-state index contributed by atoms with van der Waals surface area (Å²) in [4.78, 5) is 8.50. The fourth-order valence-electron chi connectivity index (χ4n) is 3.62. The van der Waals surface area contributed by atoms with Crippen LogP contribution in [0.15, 0.2) is 47.4 Å². The Kier molecular flexibility index (Phi) is 4.59. The van der Waals surface area contributed by atoms with Gasteiger partial charge in [0.2, 0.25) is 10.0 Å². The van der Waals surface area contributed by atoms with Crippen molar-refractivity contribution in [3.8, 4) is 11.5 Å². The van der Waals surface area contributed by atoms with Gasteiger partial charge in [0.25, 0.3) is 0 Å². The van der Waals surface area contributed by atoms with Gasteiger partial charge >= 0.3 is 0 Å². The van der Waals surface area contributed by atoms with Gasteiger partial charge in [-0.25, -0.2) is 18.2 Å². The monoisotopic (exact) mass is 389 g/mol. The molecule has 1 fully saturated rings. The van der Waals surface area contributed by atoms with Crippen molar-refractivity contribution in [1.29, 1.82) is 0 Å². The molecule has 0 unspecified atom stereocenters. The number of hydroxylamine groups is 1. The standard InChI is InChI=1S/C19H23N3O4S/c1-20-27(23,24)14-8-9-19-17(11-14)22-16(10-13(26-22)12-21(2)3)15-6-4-5-7-18(15)25-19/h4-9,11,13,16,20H,10,12H2,1-3H3/t13-,16-/m1/s1. The molecule has 7 nitrogen and oxygen atoms in total. The van der Waals surface area contributed by atoms with Gasteiger partial charge in [-0.1, -0.05) is 18.2 Å². The number of rotatable bonds is 4. The molecule has 0 saturated carbocycles. The minimum Gasteiger partial charge on any atom is -0.455 e. The summed E-state index contributed by atoms with van der Waals surface area (Å²) in [5.74, 6) is 1.34. The first kappa shape index (κ1) is 18.2. The molecule has 2 aromatic rings. The smallest absolute Gasteiger partial charge is 0.240 e. The number of ether oxygens (including phenoxy) is 1. The van der Waals surface area contributed by atoms with E-state index in [1.807, 2.05) is 43.4 Å². The van der Waals surface area contributed by atoms with Crippen LogP contribution in [0, 0.1) is 0 Å². The Bertz CT molecular complexity index is 961. The Morgan fingerprint density at radius 2 is 1.96 bits per heavy atom. The van der Waals surface area contributed by atoms with Crippen molar-refractivity contribution < 1.29 is 18.0 Å². The van der Waals surface area contributed by atoms with E-state index in [-0.39, 0.29) is 17.0 Å². The summed E-state index contributed by atoms with van der Waals surface area (Å²) in [6.07, 6.45) is 0.801. The van der Waals surface area contributed by atoms with Gasteiger partial charge in [-0.15, -0.1) is 0 Å². The van der Waals surface area contributed by atoms with E-state index in [1.165, 1.54) is 7.05 Å². The maximum absolute atomic E-state index is 12.3. The second-order valence-electron chi connectivity index (χ2n) is 7.04. The Balaban J connectivity index is 1.83. The highest BCUT2D eigenvalue weighted by atomic mass is 32.2. The van der Waals surface area contributed by atoms with Crippen molar-refractivity contribution in [3.63, 3.8) is 0 Å². The van der Waals surface area contributed by atoms with Gasteiger partial charge < -0.3 is 9.64 Å². The summed E-state index contributed by atoms with van der Waals surface area (Å²) >= 11 is 0. The van der Waals surface area contributed by atoms with Crippen molar-refractivity contribution in [1.82, 2.24) is 9.62 Å². The molecule has 0 aromatic heterocycles. The van der Waals surface area contributed by atoms with Gasteiger partial charge in [0, 0.05) is 18.5 Å². The third kappa shape index (κ3) is 3.29. The van der Waals surface area contributed by atoms with Crippen molar-refractivity contribution in [2.45, 2.75) is 23.5 Å². The van der Waals surface area contributed by atoms with E-state index < -0.39 is 10.0 Å². The van der Waals surface area contributed by atoms with Gasteiger partial charge in [0.05, 0.1) is 10.9 Å². The topological polar surface area (TPSA) is 71.1 Å². The molecule has 4 rings (SSSR count). The molecule has 0 aliphatic carbocycles. The summed E-state index contributed by atoms with van der Waals surface area (Å²) in [5.41, 5.74) is 1.65. The van der Waals surface area contributed by atoms with Crippen LogP contribution in [0.1, 0.15) is 18.0 Å². The highest BCUT2D eigenvalue weighted by molar-refractivity contribution is 7.89. The number of benzene rings is 2. The van der Waals surface area contributed by atoms with E-state index in [0.29, 0.717) is 11.4 Å². The number of para-hydroxylation sites is 1. The first-order chi connectivity index (χ1) is 12.9. The largest absolute Gasteiger partial charge is 0.455 e. The molecule has 0 radical (unpaired) electrons. The van der Waals surface area contributed by atoms with Crippen molar-refractivity contribution in [2.24, 2.45) is 0 Å². The Labute approximate surface area is 159 Å². The van der Waals surface area contributed by atoms with Crippen LogP contribution in [-0.2, 0) is 14.9 Å². The summed E-state index contributed by atoms with van der Waals surface area (Å²) in [6, 6.07) is 12.7. The molecule has 0 amide bonds. The third-order valence-electron chi connectivity index (χ3n) is 4.85. The SMILES string of the molecule is CNS(=O)(=O)c1ccc2c(c1)N1O[C@@H](CN(C)C)C[C@@H]1c1ccccc1O2. The van der Waals surface area contributed by atoms with Crippen LogP contribution in [0.3, 0.4) is 0 Å². The lowest BCUT2D eigenvalue weighted by Crippen LogP contribution is -2.28.